The summed E-state index contributed by atoms with van der Waals surface area (Å²) in [5.74, 6) is 0. The van der Waals surface area contributed by atoms with Crippen molar-refractivity contribution in [1.82, 2.24) is 0 Å². The van der Waals surface area contributed by atoms with Crippen molar-refractivity contribution in [2.45, 2.75) is 17.5 Å². The van der Waals surface area contributed by atoms with E-state index < -0.39 is 0 Å². The lowest BCUT2D eigenvalue weighted by atomic mass is 10.0. The molecule has 0 spiro atoms. The standard InChI is InChI=1S/C17H15ClSi/c1-2-10-19-17(18)15-9-5-8-14-13-7-4-3-6-12(13)11-16(14)15/h2-9,17H,1,10-11H2. The van der Waals surface area contributed by atoms with Gasteiger partial charge in [-0.05, 0) is 40.3 Å². The van der Waals surface area contributed by atoms with Gasteiger partial charge in [-0.15, -0.1) is 18.2 Å². The first-order valence-electron chi connectivity index (χ1n) is 6.49. The summed E-state index contributed by atoms with van der Waals surface area (Å²) in [7, 11) is 0.701. The van der Waals surface area contributed by atoms with Crippen LogP contribution < -0.4 is 0 Å². The summed E-state index contributed by atoms with van der Waals surface area (Å²) in [5, 5.41) is 0.113. The second-order valence-corrected chi connectivity index (χ2v) is 6.96. The number of alkyl halides is 1. The lowest BCUT2D eigenvalue weighted by molar-refractivity contribution is 1.17. The predicted molar refractivity (Wildman–Crippen MR) is 84.0 cm³/mol. The normalized spacial score (nSPS) is 13.7. The molecule has 0 bridgehead atoms. The lowest BCUT2D eigenvalue weighted by Crippen LogP contribution is -2.03. The van der Waals surface area contributed by atoms with Crippen LogP contribution in [0.4, 0.5) is 0 Å². The third-order valence-electron chi connectivity index (χ3n) is 3.60. The van der Waals surface area contributed by atoms with Gasteiger partial charge in [-0.2, -0.15) is 0 Å². The first kappa shape index (κ1) is 12.7. The Morgan fingerprint density at radius 2 is 1.95 bits per heavy atom. The van der Waals surface area contributed by atoms with Crippen LogP contribution in [-0.4, -0.2) is 9.52 Å². The Bertz CT molecular complexity index is 618. The topological polar surface area (TPSA) is 0 Å². The van der Waals surface area contributed by atoms with E-state index in [0.29, 0.717) is 9.52 Å². The van der Waals surface area contributed by atoms with E-state index in [1.807, 2.05) is 6.08 Å². The molecule has 0 nitrogen and oxygen atoms in total. The van der Waals surface area contributed by atoms with E-state index in [1.165, 1.54) is 27.8 Å². The van der Waals surface area contributed by atoms with E-state index in [2.05, 4.69) is 49.0 Å². The Morgan fingerprint density at radius 3 is 2.79 bits per heavy atom. The van der Waals surface area contributed by atoms with Crippen LogP contribution in [-0.2, 0) is 6.42 Å². The highest BCUT2D eigenvalue weighted by atomic mass is 35.5. The van der Waals surface area contributed by atoms with Crippen LogP contribution in [0.2, 0.25) is 6.04 Å². The Balaban J connectivity index is 2.01. The second kappa shape index (κ2) is 5.36. The summed E-state index contributed by atoms with van der Waals surface area (Å²) in [6.45, 7) is 3.78. The average Bonchev–Trinajstić information content (AvgIpc) is 2.83. The Morgan fingerprint density at radius 1 is 1.16 bits per heavy atom. The number of rotatable bonds is 4. The fourth-order valence-electron chi connectivity index (χ4n) is 2.72. The predicted octanol–water partition coefficient (Wildman–Crippen LogP) is 4.80. The molecule has 0 amide bonds. The Hall–Kier alpha value is -1.31. The number of benzene rings is 2. The zero-order chi connectivity index (χ0) is 13.2. The van der Waals surface area contributed by atoms with Gasteiger partial charge in [-0.25, -0.2) is 0 Å². The third kappa shape index (κ3) is 2.29. The maximum absolute atomic E-state index is 6.58. The molecule has 1 unspecified atom stereocenters. The average molecular weight is 283 g/mol. The van der Waals surface area contributed by atoms with Crippen molar-refractivity contribution < 1.29 is 0 Å². The number of halogens is 1. The van der Waals surface area contributed by atoms with Crippen LogP contribution in [0.25, 0.3) is 11.1 Å². The monoisotopic (exact) mass is 282 g/mol. The molecule has 0 saturated heterocycles. The van der Waals surface area contributed by atoms with Crippen LogP contribution in [0.3, 0.4) is 0 Å². The minimum Gasteiger partial charge on any atom is -0.122 e. The van der Waals surface area contributed by atoms with Gasteiger partial charge in [-0.1, -0.05) is 48.5 Å². The quantitative estimate of drug-likeness (QED) is 0.366. The molecule has 0 fully saturated rings. The minimum absolute atomic E-state index is 0.113. The minimum atomic E-state index is 0.113. The third-order valence-corrected chi connectivity index (χ3v) is 5.49. The molecule has 94 valence electrons. The van der Waals surface area contributed by atoms with Crippen molar-refractivity contribution in [2.24, 2.45) is 0 Å². The van der Waals surface area contributed by atoms with Crippen molar-refractivity contribution in [1.29, 1.82) is 0 Å². The smallest absolute Gasteiger partial charge is 0.0724 e. The highest BCUT2D eigenvalue weighted by molar-refractivity contribution is 6.53. The molecule has 0 aromatic heterocycles. The van der Waals surface area contributed by atoms with Crippen LogP contribution in [0.5, 0.6) is 0 Å². The van der Waals surface area contributed by atoms with E-state index in [4.69, 9.17) is 11.6 Å². The van der Waals surface area contributed by atoms with E-state index in [0.717, 1.165) is 12.5 Å². The summed E-state index contributed by atoms with van der Waals surface area (Å²) < 4.78 is 0. The SMILES string of the molecule is C=CC[Si]C(Cl)c1cccc2c1Cc1ccccc1-2. The molecular formula is C17H15ClSi. The summed E-state index contributed by atoms with van der Waals surface area (Å²) in [6.07, 6.45) is 2.97. The Labute approximate surface area is 121 Å². The molecular weight excluding hydrogens is 268 g/mol. The number of allylic oxidation sites excluding steroid dienone is 1. The molecule has 2 heteroatoms. The van der Waals surface area contributed by atoms with Crippen molar-refractivity contribution in [3.8, 4) is 11.1 Å². The summed E-state index contributed by atoms with van der Waals surface area (Å²) in [5.41, 5.74) is 6.87. The fraction of sp³-hybridized carbons (Fsp3) is 0.176. The molecule has 3 rings (SSSR count). The zero-order valence-corrected chi connectivity index (χ0v) is 12.5. The van der Waals surface area contributed by atoms with E-state index in [-0.39, 0.29) is 5.00 Å². The van der Waals surface area contributed by atoms with Crippen LogP contribution in [0.15, 0.2) is 55.1 Å². The second-order valence-electron chi connectivity index (χ2n) is 4.77. The molecule has 19 heavy (non-hydrogen) atoms. The highest BCUT2D eigenvalue weighted by Crippen LogP contribution is 2.40. The van der Waals surface area contributed by atoms with Crippen molar-refractivity contribution in [3.63, 3.8) is 0 Å². The first-order valence-corrected chi connectivity index (χ1v) is 8.21. The number of hydrogen-bond acceptors (Lipinski definition) is 0. The van der Waals surface area contributed by atoms with E-state index in [1.54, 1.807) is 0 Å². The molecule has 0 aliphatic heterocycles. The molecule has 0 N–H and O–H groups in total. The van der Waals surface area contributed by atoms with Crippen LogP contribution in [0, 0.1) is 0 Å². The lowest BCUT2D eigenvalue weighted by Gasteiger charge is -2.13. The highest BCUT2D eigenvalue weighted by Gasteiger charge is 2.23. The van der Waals surface area contributed by atoms with Gasteiger partial charge in [0.25, 0.3) is 0 Å². The van der Waals surface area contributed by atoms with Gasteiger partial charge in [0.1, 0.15) is 0 Å². The molecule has 2 aromatic carbocycles. The van der Waals surface area contributed by atoms with E-state index in [9.17, 15) is 0 Å². The molecule has 1 atom stereocenters. The maximum Gasteiger partial charge on any atom is 0.0724 e. The van der Waals surface area contributed by atoms with Gasteiger partial charge in [0.2, 0.25) is 0 Å². The molecule has 0 saturated carbocycles. The Kier molecular flexibility index (Phi) is 3.58. The molecule has 2 aromatic rings. The van der Waals surface area contributed by atoms with Gasteiger partial charge >= 0.3 is 0 Å². The zero-order valence-electron chi connectivity index (χ0n) is 10.7. The largest absolute Gasteiger partial charge is 0.122 e. The van der Waals surface area contributed by atoms with Crippen LogP contribution >= 0.6 is 11.6 Å². The fourth-order valence-corrected chi connectivity index (χ4v) is 4.05. The first-order chi connectivity index (χ1) is 9.31. The van der Waals surface area contributed by atoms with Gasteiger partial charge in [0.15, 0.2) is 0 Å². The van der Waals surface area contributed by atoms with Gasteiger partial charge in [0, 0.05) is 5.00 Å². The molecule has 2 radical (unpaired) electrons. The summed E-state index contributed by atoms with van der Waals surface area (Å²) >= 11 is 6.58. The van der Waals surface area contributed by atoms with Crippen molar-refractivity contribution in [2.75, 3.05) is 0 Å². The molecule has 1 aliphatic rings. The van der Waals surface area contributed by atoms with Crippen molar-refractivity contribution >= 4 is 21.1 Å². The maximum atomic E-state index is 6.58. The molecule has 1 aliphatic carbocycles. The van der Waals surface area contributed by atoms with Crippen molar-refractivity contribution in [3.05, 3.63) is 71.8 Å². The number of fused-ring (bicyclic) bond motifs is 3. The van der Waals surface area contributed by atoms with Gasteiger partial charge < -0.3 is 0 Å². The number of hydrogen-bond donors (Lipinski definition) is 0. The van der Waals surface area contributed by atoms with Crippen LogP contribution in [0.1, 0.15) is 21.7 Å². The summed E-state index contributed by atoms with van der Waals surface area (Å²) in [6, 6.07) is 16.2. The van der Waals surface area contributed by atoms with Gasteiger partial charge in [-0.3, -0.25) is 0 Å². The molecule has 0 heterocycles. The van der Waals surface area contributed by atoms with E-state index >= 15 is 0 Å². The summed E-state index contributed by atoms with van der Waals surface area (Å²) in [4.78, 5) is 0. The van der Waals surface area contributed by atoms with Gasteiger partial charge in [0.05, 0.1) is 9.52 Å².